The van der Waals surface area contributed by atoms with E-state index >= 15 is 0 Å². The molecule has 0 unspecified atom stereocenters. The number of para-hydroxylation sites is 1. The normalized spacial score (nSPS) is 17.2. The Kier molecular flexibility index (Phi) is 3.62. The van der Waals surface area contributed by atoms with Gasteiger partial charge in [0, 0.05) is 22.0 Å². The molecule has 0 saturated heterocycles. The van der Waals surface area contributed by atoms with Gasteiger partial charge in [-0.05, 0) is 48.7 Å². The highest BCUT2D eigenvalue weighted by atomic mass is 79.9. The third-order valence-corrected chi connectivity index (χ3v) is 5.88. The summed E-state index contributed by atoms with van der Waals surface area (Å²) in [6.45, 7) is 0.569. The van der Waals surface area contributed by atoms with Gasteiger partial charge in [0.15, 0.2) is 11.4 Å². The first-order valence-corrected chi connectivity index (χ1v) is 9.59. The number of rotatable bonds is 3. The highest BCUT2D eigenvalue weighted by molar-refractivity contribution is 9.10. The number of nitrogens with zero attached hydrogens (tertiary/aromatic N) is 2. The molecule has 1 aliphatic carbocycles. The molecule has 27 heavy (non-hydrogen) atoms. The van der Waals surface area contributed by atoms with Crippen LogP contribution >= 0.6 is 15.9 Å². The van der Waals surface area contributed by atoms with E-state index in [4.69, 9.17) is 4.52 Å². The zero-order chi connectivity index (χ0) is 18.6. The van der Waals surface area contributed by atoms with Crippen LogP contribution in [0.25, 0.3) is 11.0 Å². The number of nitrogens with one attached hydrogen (secondary N) is 1. The maximum Gasteiger partial charge on any atom is 0.254 e. The second kappa shape index (κ2) is 5.92. The Labute approximate surface area is 163 Å². The molecule has 1 aliphatic heterocycles. The van der Waals surface area contributed by atoms with Gasteiger partial charge in [-0.3, -0.25) is 9.59 Å². The molecule has 1 saturated carbocycles. The molecule has 0 radical (unpaired) electrons. The molecular formula is C20H16BrN3O3. The van der Waals surface area contributed by atoms with Crippen LogP contribution in [-0.4, -0.2) is 35.0 Å². The van der Waals surface area contributed by atoms with E-state index in [1.54, 1.807) is 11.0 Å². The summed E-state index contributed by atoms with van der Waals surface area (Å²) in [4.78, 5) is 27.1. The molecule has 0 bridgehead atoms. The number of amides is 2. The Morgan fingerprint density at radius 3 is 2.89 bits per heavy atom. The molecule has 2 aromatic carbocycles. The fourth-order valence-corrected chi connectivity index (χ4v) is 4.22. The molecule has 1 fully saturated rings. The Morgan fingerprint density at radius 1 is 1.26 bits per heavy atom. The Bertz CT molecular complexity index is 1090. The summed E-state index contributed by atoms with van der Waals surface area (Å²) in [5.74, 6) is -0.000486. The number of aromatic nitrogens is 1. The third kappa shape index (κ3) is 2.73. The fraction of sp³-hybridized carbons (Fsp3) is 0.250. The SMILES string of the molecule is O=C(CN1CC2(CC2)c2cc(Br)ccc2C1=O)Nc1noc2ccccc12. The van der Waals surface area contributed by atoms with Gasteiger partial charge in [-0.2, -0.15) is 0 Å². The summed E-state index contributed by atoms with van der Waals surface area (Å²) >= 11 is 3.49. The monoisotopic (exact) mass is 425 g/mol. The van der Waals surface area contributed by atoms with Gasteiger partial charge in [0.1, 0.15) is 6.54 Å². The minimum atomic E-state index is -0.279. The van der Waals surface area contributed by atoms with E-state index < -0.39 is 0 Å². The average Bonchev–Trinajstić information content (AvgIpc) is 3.33. The van der Waals surface area contributed by atoms with E-state index in [0.29, 0.717) is 23.5 Å². The summed E-state index contributed by atoms with van der Waals surface area (Å²) in [5.41, 5.74) is 2.40. The highest BCUT2D eigenvalue weighted by Gasteiger charge is 2.51. The maximum atomic E-state index is 12.9. The molecule has 3 aromatic rings. The molecule has 1 aromatic heterocycles. The minimum Gasteiger partial charge on any atom is -0.354 e. The van der Waals surface area contributed by atoms with Gasteiger partial charge in [-0.25, -0.2) is 0 Å². The summed E-state index contributed by atoms with van der Waals surface area (Å²) in [6, 6.07) is 13.1. The molecule has 1 N–H and O–H groups in total. The van der Waals surface area contributed by atoms with E-state index in [9.17, 15) is 9.59 Å². The van der Waals surface area contributed by atoms with Crippen LogP contribution in [0.2, 0.25) is 0 Å². The van der Waals surface area contributed by atoms with E-state index in [1.165, 1.54) is 0 Å². The standard InChI is InChI=1S/C20H16BrN3O3/c21-12-5-6-13-15(9-12)20(7-8-20)11-24(19(13)26)10-17(25)22-18-14-3-1-2-4-16(14)27-23-18/h1-6,9H,7-8,10-11H2,(H,22,23,25). The van der Waals surface area contributed by atoms with Crippen LogP contribution in [0, 0.1) is 0 Å². The number of hydrogen-bond donors (Lipinski definition) is 1. The lowest BCUT2D eigenvalue weighted by Crippen LogP contribution is -2.46. The molecule has 7 heteroatoms. The van der Waals surface area contributed by atoms with Gasteiger partial charge in [0.25, 0.3) is 5.91 Å². The second-order valence-corrected chi connectivity index (χ2v) is 8.12. The lowest BCUT2D eigenvalue weighted by atomic mass is 9.86. The quantitative estimate of drug-likeness (QED) is 0.693. The van der Waals surface area contributed by atoms with Gasteiger partial charge in [-0.15, -0.1) is 0 Å². The van der Waals surface area contributed by atoms with E-state index in [2.05, 4.69) is 26.4 Å². The van der Waals surface area contributed by atoms with Crippen molar-refractivity contribution >= 4 is 44.5 Å². The van der Waals surface area contributed by atoms with Gasteiger partial charge < -0.3 is 14.7 Å². The van der Waals surface area contributed by atoms with Crippen LogP contribution in [0.4, 0.5) is 5.82 Å². The van der Waals surface area contributed by atoms with Gasteiger partial charge in [-0.1, -0.05) is 33.2 Å². The van der Waals surface area contributed by atoms with Crippen molar-refractivity contribution in [2.45, 2.75) is 18.3 Å². The Hall–Kier alpha value is -2.67. The first-order valence-electron chi connectivity index (χ1n) is 8.79. The summed E-state index contributed by atoms with van der Waals surface area (Å²) in [5, 5.41) is 7.43. The summed E-state index contributed by atoms with van der Waals surface area (Å²) in [6.07, 6.45) is 2.07. The Morgan fingerprint density at radius 2 is 2.07 bits per heavy atom. The number of anilines is 1. The molecule has 1 spiro atoms. The van der Waals surface area contributed by atoms with Crippen LogP contribution in [0.15, 0.2) is 51.5 Å². The lowest BCUT2D eigenvalue weighted by Gasteiger charge is -2.34. The maximum absolute atomic E-state index is 12.9. The van der Waals surface area contributed by atoms with Crippen LogP contribution in [0.1, 0.15) is 28.8 Å². The zero-order valence-electron chi connectivity index (χ0n) is 14.4. The van der Waals surface area contributed by atoms with Crippen molar-refractivity contribution in [2.24, 2.45) is 0 Å². The summed E-state index contributed by atoms with van der Waals surface area (Å²) in [7, 11) is 0. The average molecular weight is 426 g/mol. The van der Waals surface area contributed by atoms with Crippen molar-refractivity contribution in [3.05, 3.63) is 58.1 Å². The zero-order valence-corrected chi connectivity index (χ0v) is 16.0. The highest BCUT2D eigenvalue weighted by Crippen LogP contribution is 2.52. The van der Waals surface area contributed by atoms with Crippen molar-refractivity contribution in [2.75, 3.05) is 18.4 Å². The lowest BCUT2D eigenvalue weighted by molar-refractivity contribution is -0.117. The number of halogens is 1. The van der Waals surface area contributed by atoms with Crippen LogP contribution in [-0.2, 0) is 10.2 Å². The number of carbonyl (C=O) groups excluding carboxylic acids is 2. The van der Waals surface area contributed by atoms with Gasteiger partial charge in [0.2, 0.25) is 5.91 Å². The molecule has 2 aliphatic rings. The fourth-order valence-electron chi connectivity index (χ4n) is 3.86. The predicted molar refractivity (Wildman–Crippen MR) is 104 cm³/mol. The van der Waals surface area contributed by atoms with Crippen molar-refractivity contribution in [3.63, 3.8) is 0 Å². The third-order valence-electron chi connectivity index (χ3n) is 5.39. The van der Waals surface area contributed by atoms with Crippen molar-refractivity contribution in [1.82, 2.24) is 10.1 Å². The first-order chi connectivity index (χ1) is 13.1. The molecule has 2 amide bonds. The molecule has 136 valence electrons. The molecule has 0 atom stereocenters. The van der Waals surface area contributed by atoms with Crippen molar-refractivity contribution in [3.8, 4) is 0 Å². The first kappa shape index (κ1) is 16.5. The number of carbonyl (C=O) groups is 2. The summed E-state index contributed by atoms with van der Waals surface area (Å²) < 4.78 is 6.19. The Balaban J connectivity index is 1.37. The van der Waals surface area contributed by atoms with Crippen LogP contribution in [0.3, 0.4) is 0 Å². The van der Waals surface area contributed by atoms with E-state index in [0.717, 1.165) is 28.3 Å². The number of fused-ring (bicyclic) bond motifs is 3. The van der Waals surface area contributed by atoms with E-state index in [1.807, 2.05) is 36.4 Å². The molecule has 2 heterocycles. The minimum absolute atomic E-state index is 0.00270. The van der Waals surface area contributed by atoms with Crippen LogP contribution in [0.5, 0.6) is 0 Å². The molecule has 6 nitrogen and oxygen atoms in total. The van der Waals surface area contributed by atoms with Crippen molar-refractivity contribution < 1.29 is 14.1 Å². The van der Waals surface area contributed by atoms with Crippen molar-refractivity contribution in [1.29, 1.82) is 0 Å². The molecular weight excluding hydrogens is 410 g/mol. The smallest absolute Gasteiger partial charge is 0.254 e. The number of benzene rings is 2. The largest absolute Gasteiger partial charge is 0.354 e. The van der Waals surface area contributed by atoms with Gasteiger partial charge in [0.05, 0.1) is 5.39 Å². The van der Waals surface area contributed by atoms with Crippen LogP contribution < -0.4 is 5.32 Å². The predicted octanol–water partition coefficient (Wildman–Crippen LogP) is 3.72. The second-order valence-electron chi connectivity index (χ2n) is 7.21. The van der Waals surface area contributed by atoms with E-state index in [-0.39, 0.29) is 23.8 Å². The molecule has 5 rings (SSSR count). The number of hydrogen-bond acceptors (Lipinski definition) is 4. The van der Waals surface area contributed by atoms with Gasteiger partial charge >= 0.3 is 0 Å². The topological polar surface area (TPSA) is 75.4 Å².